The summed E-state index contributed by atoms with van der Waals surface area (Å²) in [5.41, 5.74) is 2.64. The fraction of sp³-hybridized carbons (Fsp3) is 0.241. The number of aliphatic hydroxyl groups is 1. The van der Waals surface area contributed by atoms with Gasteiger partial charge in [-0.2, -0.15) is 0 Å². The highest BCUT2D eigenvalue weighted by atomic mass is 16.5. The number of benzene rings is 3. The van der Waals surface area contributed by atoms with Gasteiger partial charge >= 0.3 is 0 Å². The largest absolute Gasteiger partial charge is 0.508 e. The minimum atomic E-state index is -0.749. The van der Waals surface area contributed by atoms with E-state index in [4.69, 9.17) is 9.47 Å². The van der Waals surface area contributed by atoms with E-state index in [2.05, 4.69) is 0 Å². The van der Waals surface area contributed by atoms with E-state index in [1.165, 1.54) is 17.0 Å². The quantitative estimate of drug-likeness (QED) is 0.436. The lowest BCUT2D eigenvalue weighted by Crippen LogP contribution is -2.33. The van der Waals surface area contributed by atoms with Crippen LogP contribution in [0.15, 0.2) is 84.1 Å². The van der Waals surface area contributed by atoms with Gasteiger partial charge in [-0.25, -0.2) is 0 Å². The first-order valence-electron chi connectivity index (χ1n) is 11.7. The van der Waals surface area contributed by atoms with Gasteiger partial charge in [0.1, 0.15) is 5.75 Å². The van der Waals surface area contributed by atoms with Crippen LogP contribution >= 0.6 is 0 Å². The second-order valence-electron chi connectivity index (χ2n) is 8.60. The predicted octanol–water partition coefficient (Wildman–Crippen LogP) is 4.55. The average molecular weight is 488 g/mol. The van der Waals surface area contributed by atoms with E-state index in [-0.39, 0.29) is 30.1 Å². The van der Waals surface area contributed by atoms with Crippen LogP contribution in [-0.2, 0) is 22.4 Å². The lowest BCUT2D eigenvalue weighted by Gasteiger charge is -2.27. The zero-order valence-corrected chi connectivity index (χ0v) is 20.3. The van der Waals surface area contributed by atoms with Crippen molar-refractivity contribution in [1.29, 1.82) is 0 Å². The van der Waals surface area contributed by atoms with E-state index < -0.39 is 17.7 Å². The molecule has 36 heavy (non-hydrogen) atoms. The number of aryl methyl sites for hydroxylation is 1. The highest BCUT2D eigenvalue weighted by Gasteiger charge is 2.42. The molecule has 7 nitrogen and oxygen atoms in total. The van der Waals surface area contributed by atoms with Gasteiger partial charge in [0.05, 0.1) is 25.8 Å². The summed E-state index contributed by atoms with van der Waals surface area (Å²) in [5, 5.41) is 20.6. The second-order valence-corrected chi connectivity index (χ2v) is 8.60. The lowest BCUT2D eigenvalue weighted by molar-refractivity contribution is -0.129. The van der Waals surface area contributed by atoms with Gasteiger partial charge < -0.3 is 24.6 Å². The van der Waals surface area contributed by atoms with Crippen LogP contribution in [0.4, 0.5) is 0 Å². The number of hydrogen-bond donors (Lipinski definition) is 2. The first-order chi connectivity index (χ1) is 17.4. The zero-order chi connectivity index (χ0) is 25.7. The number of amides is 1. The van der Waals surface area contributed by atoms with Crippen molar-refractivity contribution in [2.75, 3.05) is 20.8 Å². The van der Waals surface area contributed by atoms with Crippen molar-refractivity contribution in [3.63, 3.8) is 0 Å². The molecule has 0 aromatic heterocycles. The molecule has 1 atom stereocenters. The van der Waals surface area contributed by atoms with Crippen molar-refractivity contribution in [1.82, 2.24) is 4.90 Å². The summed E-state index contributed by atoms with van der Waals surface area (Å²) in [5.74, 6) is -0.127. The molecule has 0 radical (unpaired) electrons. The maximum atomic E-state index is 13.3. The van der Waals surface area contributed by atoms with Crippen LogP contribution in [0.5, 0.6) is 17.2 Å². The molecular formula is C29H29NO6. The number of ether oxygens (including phenoxy) is 2. The Hall–Kier alpha value is -4.26. The molecule has 1 aliphatic heterocycles. The number of aromatic hydroxyl groups is 1. The zero-order valence-electron chi connectivity index (χ0n) is 20.3. The normalized spacial score (nSPS) is 15.3. The van der Waals surface area contributed by atoms with Crippen LogP contribution in [0.25, 0.3) is 0 Å². The molecule has 1 amide bonds. The van der Waals surface area contributed by atoms with Crippen LogP contribution in [-0.4, -0.2) is 47.6 Å². The van der Waals surface area contributed by atoms with Gasteiger partial charge in [-0.05, 0) is 53.8 Å². The molecule has 0 saturated heterocycles. The number of methoxy groups -OCH3 is 2. The van der Waals surface area contributed by atoms with Gasteiger partial charge in [-0.15, -0.1) is 0 Å². The third kappa shape index (κ3) is 5.20. The summed E-state index contributed by atoms with van der Waals surface area (Å²) in [6.45, 7) is 0.263. The summed E-state index contributed by atoms with van der Waals surface area (Å²) in [4.78, 5) is 28.0. The Balaban J connectivity index is 1.60. The van der Waals surface area contributed by atoms with E-state index in [1.807, 2.05) is 42.5 Å². The Morgan fingerprint density at radius 2 is 1.56 bits per heavy atom. The first kappa shape index (κ1) is 24.9. The molecule has 7 heteroatoms. The topological polar surface area (TPSA) is 96.3 Å². The molecule has 1 aliphatic rings. The molecule has 0 fully saturated rings. The van der Waals surface area contributed by atoms with Crippen LogP contribution in [0.2, 0.25) is 0 Å². The Morgan fingerprint density at radius 1 is 0.861 bits per heavy atom. The number of carbonyl (C=O) groups excluding carboxylic acids is 2. The molecule has 4 rings (SSSR count). The number of carbonyl (C=O) groups is 2. The van der Waals surface area contributed by atoms with Gasteiger partial charge in [-0.3, -0.25) is 9.59 Å². The molecule has 1 unspecified atom stereocenters. The van der Waals surface area contributed by atoms with E-state index in [9.17, 15) is 19.8 Å². The number of hydrogen-bond acceptors (Lipinski definition) is 6. The summed E-state index contributed by atoms with van der Waals surface area (Å²) in [7, 11) is 3.12. The molecule has 0 saturated carbocycles. The third-order valence-corrected chi connectivity index (χ3v) is 6.39. The number of nitrogens with zero attached hydrogens (tertiary/aromatic N) is 1. The maximum Gasteiger partial charge on any atom is 0.290 e. The van der Waals surface area contributed by atoms with Crippen LogP contribution in [0.1, 0.15) is 29.2 Å². The minimum absolute atomic E-state index is 0.0742. The predicted molar refractivity (Wildman–Crippen MR) is 135 cm³/mol. The molecule has 1 heterocycles. The van der Waals surface area contributed by atoms with Crippen molar-refractivity contribution >= 4 is 11.7 Å². The van der Waals surface area contributed by atoms with Gasteiger partial charge in [-0.1, -0.05) is 48.5 Å². The molecule has 0 aliphatic carbocycles. The number of phenolic OH excluding ortho intramolecular Hbond substituents is 1. The fourth-order valence-electron chi connectivity index (χ4n) is 4.50. The average Bonchev–Trinajstić information content (AvgIpc) is 3.16. The van der Waals surface area contributed by atoms with Gasteiger partial charge in [0.25, 0.3) is 5.91 Å². The number of aliphatic hydroxyl groups excluding tert-OH is 1. The second kappa shape index (κ2) is 11.0. The summed E-state index contributed by atoms with van der Waals surface area (Å²) in [6.07, 6.45) is 1.13. The van der Waals surface area contributed by atoms with E-state index in [0.717, 1.165) is 11.1 Å². The molecule has 3 aromatic rings. The summed E-state index contributed by atoms with van der Waals surface area (Å²) < 4.78 is 10.7. The van der Waals surface area contributed by atoms with E-state index in [0.29, 0.717) is 29.9 Å². The Morgan fingerprint density at radius 3 is 2.22 bits per heavy atom. The monoisotopic (exact) mass is 487 g/mol. The Labute approximate surface area is 210 Å². The van der Waals surface area contributed by atoms with E-state index in [1.54, 1.807) is 32.4 Å². The minimum Gasteiger partial charge on any atom is -0.508 e. The van der Waals surface area contributed by atoms with Crippen LogP contribution < -0.4 is 9.47 Å². The fourth-order valence-corrected chi connectivity index (χ4v) is 4.50. The SMILES string of the molecule is COc1ccc(CCN2C(=O)C(O)=C(C(=O)CCc3ccccc3)C2c2ccc(O)cc2)cc1OC. The molecule has 0 bridgehead atoms. The van der Waals surface area contributed by atoms with Gasteiger partial charge in [0.15, 0.2) is 23.0 Å². The highest BCUT2D eigenvalue weighted by Crippen LogP contribution is 2.39. The number of phenols is 1. The van der Waals surface area contributed by atoms with E-state index >= 15 is 0 Å². The van der Waals surface area contributed by atoms with Crippen LogP contribution in [0, 0.1) is 0 Å². The molecular weight excluding hydrogens is 458 g/mol. The smallest absolute Gasteiger partial charge is 0.290 e. The molecule has 2 N–H and O–H groups in total. The van der Waals surface area contributed by atoms with Crippen molar-refractivity contribution < 1.29 is 29.3 Å². The summed E-state index contributed by atoms with van der Waals surface area (Å²) in [6, 6.07) is 20.7. The van der Waals surface area contributed by atoms with Crippen molar-refractivity contribution in [3.8, 4) is 17.2 Å². The standard InChI is InChI=1S/C29H29NO6/c1-35-24-15-9-20(18-25(24)36-2)16-17-30-27(21-10-12-22(31)13-11-21)26(28(33)29(30)34)23(32)14-8-19-6-4-3-5-7-19/h3-7,9-13,15,18,27,31,33H,8,14,16-17H2,1-2H3. The maximum absolute atomic E-state index is 13.3. The van der Waals surface area contributed by atoms with Crippen molar-refractivity contribution in [3.05, 3.63) is 101 Å². The first-order valence-corrected chi connectivity index (χ1v) is 11.7. The third-order valence-electron chi connectivity index (χ3n) is 6.39. The van der Waals surface area contributed by atoms with Gasteiger partial charge in [0.2, 0.25) is 0 Å². The molecule has 3 aromatic carbocycles. The van der Waals surface area contributed by atoms with Crippen LogP contribution in [0.3, 0.4) is 0 Å². The lowest BCUT2D eigenvalue weighted by atomic mass is 9.93. The summed E-state index contributed by atoms with van der Waals surface area (Å²) >= 11 is 0. The Bertz CT molecular complexity index is 1270. The molecule has 186 valence electrons. The molecule has 0 spiro atoms. The number of Topliss-reactive ketones (excluding diaryl/α,β-unsaturated/α-hetero) is 1. The number of rotatable bonds is 10. The van der Waals surface area contributed by atoms with Crippen molar-refractivity contribution in [2.24, 2.45) is 0 Å². The van der Waals surface area contributed by atoms with Gasteiger partial charge in [0, 0.05) is 13.0 Å². The van der Waals surface area contributed by atoms with Crippen molar-refractivity contribution in [2.45, 2.75) is 25.3 Å². The highest BCUT2D eigenvalue weighted by molar-refractivity contribution is 6.09. The number of ketones is 1. The Kier molecular flexibility index (Phi) is 7.59.